The summed E-state index contributed by atoms with van der Waals surface area (Å²) in [7, 11) is -6.92. The lowest BCUT2D eigenvalue weighted by atomic mass is 10.3. The number of hydrogen-bond donors (Lipinski definition) is 1. The molecule has 0 aliphatic rings. The topological polar surface area (TPSA) is 120 Å². The van der Waals surface area contributed by atoms with Crippen molar-refractivity contribution in [2.45, 2.75) is 5.75 Å². The van der Waals surface area contributed by atoms with Crippen LogP contribution in [0.25, 0.3) is 11.1 Å². The van der Waals surface area contributed by atoms with Gasteiger partial charge >= 0.3 is 0 Å². The predicted molar refractivity (Wildman–Crippen MR) is 75.6 cm³/mol. The highest BCUT2D eigenvalue weighted by molar-refractivity contribution is 7.94. The van der Waals surface area contributed by atoms with Crippen molar-refractivity contribution in [3.05, 3.63) is 24.1 Å². The highest BCUT2D eigenvalue weighted by Gasteiger charge is 2.19. The molecule has 2 rings (SSSR count). The van der Waals surface area contributed by atoms with E-state index in [1.807, 2.05) is 0 Å². The molecular weight excluding hydrogens is 304 g/mol. The van der Waals surface area contributed by atoms with Crippen molar-refractivity contribution in [2.75, 3.05) is 23.5 Å². The van der Waals surface area contributed by atoms with Crippen LogP contribution in [0.5, 0.6) is 0 Å². The molecule has 0 unspecified atom stereocenters. The van der Waals surface area contributed by atoms with Gasteiger partial charge in [-0.15, -0.1) is 0 Å². The molecule has 0 spiro atoms. The van der Waals surface area contributed by atoms with Crippen molar-refractivity contribution in [3.8, 4) is 0 Å². The maximum Gasteiger partial charge on any atom is 0.210 e. The molecule has 0 saturated heterocycles. The van der Waals surface area contributed by atoms with Crippen LogP contribution in [0.4, 0.5) is 5.69 Å². The van der Waals surface area contributed by atoms with E-state index in [0.717, 1.165) is 6.26 Å². The van der Waals surface area contributed by atoms with Gasteiger partial charge in [-0.05, 0) is 12.1 Å². The molecule has 7 nitrogen and oxygen atoms in total. The average Bonchev–Trinajstić information content (AvgIpc) is 2.66. The lowest BCUT2D eigenvalue weighted by Crippen LogP contribution is -2.17. The molecule has 1 aromatic carbocycles. The van der Waals surface area contributed by atoms with Crippen LogP contribution in [0.1, 0.15) is 5.89 Å². The van der Waals surface area contributed by atoms with Crippen LogP contribution in [0.3, 0.4) is 0 Å². The van der Waals surface area contributed by atoms with Crippen molar-refractivity contribution < 1.29 is 21.3 Å². The molecule has 0 saturated carbocycles. The third-order valence-electron chi connectivity index (χ3n) is 2.57. The molecule has 2 N–H and O–H groups in total. The number of rotatable bonds is 5. The van der Waals surface area contributed by atoms with E-state index in [4.69, 9.17) is 10.2 Å². The van der Waals surface area contributed by atoms with Gasteiger partial charge in [0.05, 0.1) is 11.5 Å². The first-order valence-electron chi connectivity index (χ1n) is 5.68. The first kappa shape index (κ1) is 14.8. The second-order valence-corrected chi connectivity index (χ2v) is 9.00. The van der Waals surface area contributed by atoms with Gasteiger partial charge in [0.2, 0.25) is 5.89 Å². The lowest BCUT2D eigenvalue weighted by molar-refractivity contribution is 0.540. The number of nitrogen functional groups attached to an aromatic ring is 1. The first-order chi connectivity index (χ1) is 9.15. The van der Waals surface area contributed by atoms with Gasteiger partial charge in [0.1, 0.15) is 21.1 Å². The fourth-order valence-corrected chi connectivity index (χ4v) is 4.46. The molecule has 2 aromatic rings. The smallest absolute Gasteiger partial charge is 0.210 e. The molecule has 0 atom stereocenters. The SMILES string of the molecule is CS(=O)(=O)CCS(=O)(=O)Cc1nc2ccc(N)cc2o1. The zero-order valence-corrected chi connectivity index (χ0v) is 12.4. The molecular formula is C11H14N2O5S2. The minimum atomic E-state index is -3.59. The van der Waals surface area contributed by atoms with E-state index in [0.29, 0.717) is 16.8 Å². The van der Waals surface area contributed by atoms with Crippen LogP contribution >= 0.6 is 0 Å². The summed E-state index contributed by atoms with van der Waals surface area (Å²) in [6.45, 7) is 0. The second-order valence-electron chi connectivity index (χ2n) is 4.56. The van der Waals surface area contributed by atoms with Gasteiger partial charge in [0.25, 0.3) is 0 Å². The van der Waals surface area contributed by atoms with Gasteiger partial charge < -0.3 is 10.2 Å². The molecule has 1 heterocycles. The highest BCUT2D eigenvalue weighted by atomic mass is 32.2. The summed E-state index contributed by atoms with van der Waals surface area (Å²) >= 11 is 0. The van der Waals surface area contributed by atoms with Gasteiger partial charge in [-0.3, -0.25) is 0 Å². The van der Waals surface area contributed by atoms with E-state index in [1.165, 1.54) is 0 Å². The molecule has 0 radical (unpaired) electrons. The summed E-state index contributed by atoms with van der Waals surface area (Å²) < 4.78 is 50.9. The van der Waals surface area contributed by atoms with Crippen molar-refractivity contribution in [2.24, 2.45) is 0 Å². The van der Waals surface area contributed by atoms with Crippen LogP contribution in [0.2, 0.25) is 0 Å². The Morgan fingerprint density at radius 1 is 1.20 bits per heavy atom. The van der Waals surface area contributed by atoms with Crippen LogP contribution in [0, 0.1) is 0 Å². The zero-order valence-electron chi connectivity index (χ0n) is 10.7. The molecule has 0 aliphatic carbocycles. The Morgan fingerprint density at radius 3 is 2.55 bits per heavy atom. The number of sulfone groups is 2. The number of hydrogen-bond acceptors (Lipinski definition) is 7. The Kier molecular flexibility index (Phi) is 3.74. The third kappa shape index (κ3) is 3.94. The van der Waals surface area contributed by atoms with Crippen LogP contribution in [0.15, 0.2) is 22.6 Å². The highest BCUT2D eigenvalue weighted by Crippen LogP contribution is 2.19. The fourth-order valence-electron chi connectivity index (χ4n) is 1.59. The summed E-state index contributed by atoms with van der Waals surface area (Å²) in [5.74, 6) is -1.27. The third-order valence-corrected chi connectivity index (χ3v) is 5.28. The van der Waals surface area contributed by atoms with Gasteiger partial charge in [0, 0.05) is 18.0 Å². The number of aromatic nitrogens is 1. The number of nitrogens with zero attached hydrogens (tertiary/aromatic N) is 1. The Morgan fingerprint density at radius 2 is 1.90 bits per heavy atom. The van der Waals surface area contributed by atoms with E-state index >= 15 is 0 Å². The molecule has 1 aromatic heterocycles. The fraction of sp³-hybridized carbons (Fsp3) is 0.364. The minimum Gasteiger partial charge on any atom is -0.440 e. The summed E-state index contributed by atoms with van der Waals surface area (Å²) in [5.41, 5.74) is 6.98. The summed E-state index contributed by atoms with van der Waals surface area (Å²) in [5, 5.41) is 0. The van der Waals surface area contributed by atoms with Gasteiger partial charge in [-0.25, -0.2) is 21.8 Å². The molecule has 0 bridgehead atoms. The maximum atomic E-state index is 11.8. The van der Waals surface area contributed by atoms with Crippen LogP contribution in [-0.2, 0) is 25.4 Å². The Balaban J connectivity index is 2.19. The van der Waals surface area contributed by atoms with E-state index in [1.54, 1.807) is 18.2 Å². The molecule has 9 heteroatoms. The van der Waals surface area contributed by atoms with Gasteiger partial charge in [-0.2, -0.15) is 0 Å². The van der Waals surface area contributed by atoms with E-state index < -0.39 is 36.9 Å². The summed E-state index contributed by atoms with van der Waals surface area (Å²) in [6, 6.07) is 4.81. The van der Waals surface area contributed by atoms with Crippen molar-refractivity contribution >= 4 is 36.5 Å². The first-order valence-corrected chi connectivity index (χ1v) is 9.56. The van der Waals surface area contributed by atoms with E-state index in [-0.39, 0.29) is 5.89 Å². The number of fused-ring (bicyclic) bond motifs is 1. The summed E-state index contributed by atoms with van der Waals surface area (Å²) in [4.78, 5) is 4.03. The van der Waals surface area contributed by atoms with Gasteiger partial charge in [0.15, 0.2) is 15.4 Å². The van der Waals surface area contributed by atoms with Crippen molar-refractivity contribution in [3.63, 3.8) is 0 Å². The van der Waals surface area contributed by atoms with E-state index in [9.17, 15) is 16.8 Å². The number of benzene rings is 1. The quantitative estimate of drug-likeness (QED) is 0.790. The van der Waals surface area contributed by atoms with Crippen LogP contribution in [-0.4, -0.2) is 39.6 Å². The molecule has 0 amide bonds. The number of anilines is 1. The van der Waals surface area contributed by atoms with Gasteiger partial charge in [-0.1, -0.05) is 0 Å². The standard InChI is InChI=1S/C11H14N2O5S2/c1-19(14,15)4-5-20(16,17)7-11-13-9-3-2-8(12)6-10(9)18-11/h2-3,6H,4-5,7,12H2,1H3. The molecule has 110 valence electrons. The van der Waals surface area contributed by atoms with Crippen LogP contribution < -0.4 is 5.73 Å². The lowest BCUT2D eigenvalue weighted by Gasteiger charge is -2.00. The summed E-state index contributed by atoms with van der Waals surface area (Å²) in [6.07, 6.45) is 0.991. The average molecular weight is 318 g/mol. The molecule has 0 aliphatic heterocycles. The predicted octanol–water partition coefficient (Wildman–Crippen LogP) is 0.369. The monoisotopic (exact) mass is 318 g/mol. The number of nitrogens with two attached hydrogens (primary N) is 1. The Bertz CT molecular complexity index is 837. The minimum absolute atomic E-state index is 0.0269. The maximum absolute atomic E-state index is 11.8. The second kappa shape index (κ2) is 5.06. The van der Waals surface area contributed by atoms with E-state index in [2.05, 4.69) is 4.98 Å². The van der Waals surface area contributed by atoms with Crippen molar-refractivity contribution in [1.82, 2.24) is 4.98 Å². The normalized spacial score (nSPS) is 12.8. The Hall–Kier alpha value is -1.61. The Labute approximate surface area is 116 Å². The van der Waals surface area contributed by atoms with Crippen molar-refractivity contribution in [1.29, 1.82) is 0 Å². The zero-order chi connectivity index (χ0) is 15.0. The molecule has 20 heavy (non-hydrogen) atoms. The largest absolute Gasteiger partial charge is 0.440 e. The number of oxazole rings is 1. The molecule has 0 fully saturated rings.